The van der Waals surface area contributed by atoms with Crippen molar-refractivity contribution in [3.63, 3.8) is 0 Å². The third-order valence-electron chi connectivity index (χ3n) is 3.10. The Morgan fingerprint density at radius 3 is 2.06 bits per heavy atom. The van der Waals surface area contributed by atoms with E-state index in [0.717, 1.165) is 11.9 Å². The van der Waals surface area contributed by atoms with Crippen LogP contribution in [0.4, 0.5) is 0 Å². The topological polar surface area (TPSA) is 54.0 Å². The summed E-state index contributed by atoms with van der Waals surface area (Å²) >= 11 is 3.40. The molecule has 0 saturated carbocycles. The van der Waals surface area contributed by atoms with Gasteiger partial charge in [0.2, 0.25) is 5.79 Å². The van der Waals surface area contributed by atoms with Crippen LogP contribution in [0.25, 0.3) is 0 Å². The first-order valence-electron chi connectivity index (χ1n) is 5.28. The maximum absolute atomic E-state index is 11.4. The molecule has 0 aromatic rings. The summed E-state index contributed by atoms with van der Waals surface area (Å²) in [4.78, 5) is 11.4. The smallest absolute Gasteiger partial charge is 0.244 e. The van der Waals surface area contributed by atoms with Gasteiger partial charge in [-0.05, 0) is 28.4 Å². The van der Waals surface area contributed by atoms with Crippen molar-refractivity contribution in [2.45, 2.75) is 12.7 Å². The maximum atomic E-state index is 11.4. The monoisotopic (exact) mass is 320 g/mol. The summed E-state index contributed by atoms with van der Waals surface area (Å²) in [6.07, 6.45) is 0.773. The molecule has 1 unspecified atom stereocenters. The van der Waals surface area contributed by atoms with Gasteiger partial charge in [0.1, 0.15) is 6.29 Å². The first-order chi connectivity index (χ1) is 8.53. The number of ether oxygens (including phenoxy) is 4. The van der Waals surface area contributed by atoms with Crippen molar-refractivity contribution in [3.8, 4) is 0 Å². The van der Waals surface area contributed by atoms with Crippen molar-refractivity contribution in [2.75, 3.05) is 28.4 Å². The number of rotatable bonds is 5. The molecule has 102 valence electrons. The lowest BCUT2D eigenvalue weighted by Gasteiger charge is -2.40. The van der Waals surface area contributed by atoms with Gasteiger partial charge in [-0.25, -0.2) is 0 Å². The number of hydrogen-bond donors (Lipinski definition) is 0. The van der Waals surface area contributed by atoms with Crippen LogP contribution in [0.1, 0.15) is 6.92 Å². The van der Waals surface area contributed by atoms with E-state index in [0.29, 0.717) is 16.0 Å². The predicted molar refractivity (Wildman–Crippen MR) is 69.0 cm³/mol. The quantitative estimate of drug-likeness (QED) is 0.572. The Morgan fingerprint density at radius 2 is 1.72 bits per heavy atom. The maximum Gasteiger partial charge on any atom is 0.244 e. The third kappa shape index (κ3) is 1.98. The van der Waals surface area contributed by atoms with Crippen molar-refractivity contribution in [1.82, 2.24) is 0 Å². The van der Waals surface area contributed by atoms with Crippen LogP contribution >= 0.6 is 15.9 Å². The molecule has 18 heavy (non-hydrogen) atoms. The Morgan fingerprint density at radius 1 is 1.17 bits per heavy atom. The van der Waals surface area contributed by atoms with Crippen molar-refractivity contribution in [1.29, 1.82) is 0 Å². The lowest BCUT2D eigenvalue weighted by molar-refractivity contribution is -0.224. The first kappa shape index (κ1) is 15.2. The number of aldehydes is 1. The van der Waals surface area contributed by atoms with E-state index < -0.39 is 11.7 Å². The van der Waals surface area contributed by atoms with Crippen LogP contribution in [0.3, 0.4) is 0 Å². The van der Waals surface area contributed by atoms with Crippen LogP contribution in [-0.2, 0) is 23.7 Å². The van der Waals surface area contributed by atoms with Crippen LogP contribution < -0.4 is 0 Å². The Labute approximate surface area is 115 Å². The van der Waals surface area contributed by atoms with Gasteiger partial charge in [0.05, 0.1) is 24.6 Å². The second kappa shape index (κ2) is 5.86. The molecular weight excluding hydrogens is 304 g/mol. The lowest BCUT2D eigenvalue weighted by Crippen LogP contribution is -2.48. The molecule has 0 amide bonds. The van der Waals surface area contributed by atoms with E-state index in [4.69, 9.17) is 18.9 Å². The lowest BCUT2D eigenvalue weighted by atomic mass is 9.85. The van der Waals surface area contributed by atoms with Crippen LogP contribution in [0, 0.1) is 5.92 Å². The number of methoxy groups -OCH3 is 4. The highest BCUT2D eigenvalue weighted by Gasteiger charge is 2.51. The highest BCUT2D eigenvalue weighted by atomic mass is 79.9. The van der Waals surface area contributed by atoms with Gasteiger partial charge in [0, 0.05) is 14.2 Å². The molecule has 1 rings (SSSR count). The SMILES string of the molecule is COC1=C(OC)C(OC)(OC)C(C=O)C(C)=C1Br. The molecule has 0 radical (unpaired) electrons. The molecule has 1 atom stereocenters. The Kier molecular flexibility index (Phi) is 4.95. The molecule has 6 heteroatoms. The molecule has 0 N–H and O–H groups in total. The zero-order valence-electron chi connectivity index (χ0n) is 11.1. The van der Waals surface area contributed by atoms with Crippen molar-refractivity contribution in [3.05, 3.63) is 21.6 Å². The molecule has 1 aliphatic rings. The molecule has 5 nitrogen and oxygen atoms in total. The molecule has 0 bridgehead atoms. The van der Waals surface area contributed by atoms with E-state index >= 15 is 0 Å². The zero-order valence-corrected chi connectivity index (χ0v) is 12.7. The van der Waals surface area contributed by atoms with Crippen molar-refractivity contribution >= 4 is 22.2 Å². The fourth-order valence-corrected chi connectivity index (χ4v) is 2.72. The van der Waals surface area contributed by atoms with Gasteiger partial charge in [-0.1, -0.05) is 0 Å². The third-order valence-corrected chi connectivity index (χ3v) is 4.08. The molecule has 0 aromatic carbocycles. The van der Waals surface area contributed by atoms with Crippen molar-refractivity contribution < 1.29 is 23.7 Å². The summed E-state index contributed by atoms with van der Waals surface area (Å²) in [6.45, 7) is 1.81. The van der Waals surface area contributed by atoms with E-state index in [1.54, 1.807) is 6.92 Å². The van der Waals surface area contributed by atoms with Gasteiger partial charge in [-0.3, -0.25) is 0 Å². The molecule has 0 fully saturated rings. The van der Waals surface area contributed by atoms with Crippen LogP contribution in [0.5, 0.6) is 0 Å². The van der Waals surface area contributed by atoms with Gasteiger partial charge in [0.15, 0.2) is 11.5 Å². The van der Waals surface area contributed by atoms with Gasteiger partial charge < -0.3 is 23.7 Å². The number of carbonyl (C=O) groups excluding carboxylic acids is 1. The van der Waals surface area contributed by atoms with Crippen LogP contribution in [0.2, 0.25) is 0 Å². The Bertz CT molecular complexity index is 395. The van der Waals surface area contributed by atoms with E-state index in [2.05, 4.69) is 15.9 Å². The first-order valence-corrected chi connectivity index (χ1v) is 6.08. The average Bonchev–Trinajstić information content (AvgIpc) is 2.40. The molecule has 0 aliphatic heterocycles. The minimum atomic E-state index is -1.30. The van der Waals surface area contributed by atoms with Crippen LogP contribution in [-0.4, -0.2) is 40.5 Å². The van der Waals surface area contributed by atoms with E-state index in [9.17, 15) is 4.79 Å². The van der Waals surface area contributed by atoms with Crippen molar-refractivity contribution in [2.24, 2.45) is 5.92 Å². The van der Waals surface area contributed by atoms with Gasteiger partial charge in [-0.15, -0.1) is 0 Å². The summed E-state index contributed by atoms with van der Waals surface area (Å²) in [5.74, 6) is -1.14. The minimum Gasteiger partial charge on any atom is -0.492 e. The van der Waals surface area contributed by atoms with Crippen LogP contribution in [0.15, 0.2) is 21.6 Å². The highest BCUT2D eigenvalue weighted by molar-refractivity contribution is 9.12. The Balaban J connectivity index is 3.57. The Hall–Kier alpha value is -0.850. The summed E-state index contributed by atoms with van der Waals surface area (Å²) < 4.78 is 22.1. The second-order valence-corrected chi connectivity index (χ2v) is 4.55. The highest BCUT2D eigenvalue weighted by Crippen LogP contribution is 2.45. The number of allylic oxidation sites excluding steroid dienone is 1. The summed E-state index contributed by atoms with van der Waals surface area (Å²) in [5.41, 5.74) is 0.756. The standard InChI is InChI=1S/C12H17BrO5/c1-7-8(6-14)12(17-4,18-5)11(16-3)10(15-2)9(7)13/h6,8H,1-5H3. The minimum absolute atomic E-state index is 0.324. The van der Waals surface area contributed by atoms with E-state index in [-0.39, 0.29) is 0 Å². The molecule has 0 aromatic heterocycles. The summed E-state index contributed by atoms with van der Waals surface area (Å²) in [6, 6.07) is 0. The van der Waals surface area contributed by atoms with E-state index in [1.807, 2.05) is 0 Å². The molecule has 0 spiro atoms. The zero-order chi connectivity index (χ0) is 13.9. The summed E-state index contributed by atoms with van der Waals surface area (Å²) in [7, 11) is 5.90. The fourth-order valence-electron chi connectivity index (χ4n) is 2.13. The number of hydrogen-bond acceptors (Lipinski definition) is 5. The molecule has 0 heterocycles. The van der Waals surface area contributed by atoms with Gasteiger partial charge >= 0.3 is 0 Å². The molecular formula is C12H17BrO5. The second-order valence-electron chi connectivity index (χ2n) is 3.75. The molecule has 0 saturated heterocycles. The number of halogens is 1. The van der Waals surface area contributed by atoms with Gasteiger partial charge in [-0.2, -0.15) is 0 Å². The average molecular weight is 321 g/mol. The predicted octanol–water partition coefficient (Wildman–Crippen LogP) is 1.98. The normalized spacial score (nSPS) is 23.1. The summed E-state index contributed by atoms with van der Waals surface area (Å²) in [5, 5.41) is 0. The van der Waals surface area contributed by atoms with Gasteiger partial charge in [0.25, 0.3) is 0 Å². The largest absolute Gasteiger partial charge is 0.492 e. The fraction of sp³-hybridized carbons (Fsp3) is 0.583. The number of carbonyl (C=O) groups is 1. The van der Waals surface area contributed by atoms with E-state index in [1.165, 1.54) is 28.4 Å². The molecule has 1 aliphatic carbocycles.